The highest BCUT2D eigenvalue weighted by Crippen LogP contribution is 2.36. The van der Waals surface area contributed by atoms with Gasteiger partial charge in [-0.1, -0.05) is 12.1 Å². The summed E-state index contributed by atoms with van der Waals surface area (Å²) in [6.45, 7) is 2.63. The Bertz CT molecular complexity index is 946. The number of benzene rings is 1. The predicted octanol–water partition coefficient (Wildman–Crippen LogP) is 1.65. The molecule has 152 valence electrons. The third-order valence-corrected chi connectivity index (χ3v) is 5.91. The van der Waals surface area contributed by atoms with Crippen molar-refractivity contribution in [3.63, 3.8) is 0 Å². The van der Waals surface area contributed by atoms with E-state index in [0.717, 1.165) is 9.78 Å². The summed E-state index contributed by atoms with van der Waals surface area (Å²) in [7, 11) is 0. The molecule has 0 bridgehead atoms. The summed E-state index contributed by atoms with van der Waals surface area (Å²) in [6.07, 6.45) is 0.707. The van der Waals surface area contributed by atoms with Crippen LogP contribution in [0.4, 0.5) is 4.79 Å². The summed E-state index contributed by atoms with van der Waals surface area (Å²) < 4.78 is 11.1. The monoisotopic (exact) mass is 415 g/mol. The molecule has 1 aromatic heterocycles. The largest absolute Gasteiger partial charge is 0.486 e. The van der Waals surface area contributed by atoms with Crippen molar-refractivity contribution in [2.45, 2.75) is 18.9 Å². The number of urea groups is 1. The van der Waals surface area contributed by atoms with Crippen molar-refractivity contribution >= 4 is 29.2 Å². The van der Waals surface area contributed by atoms with E-state index < -0.39 is 17.5 Å². The zero-order valence-electron chi connectivity index (χ0n) is 15.9. The van der Waals surface area contributed by atoms with Crippen LogP contribution >= 0.6 is 11.3 Å². The lowest BCUT2D eigenvalue weighted by atomic mass is 9.91. The standard InChI is InChI=1S/C20H21N3O5S/c1-20(13-4-5-15-16(11-13)28-9-8-27-15)18(25)23(19(26)22-20)12-17(24)21-7-6-14-3-2-10-29-14/h2-5,10-11H,6-9,12H2,1H3,(H,21,24)(H,22,26)/t20-/m0/s1. The Morgan fingerprint density at radius 2 is 2.03 bits per heavy atom. The molecule has 0 spiro atoms. The van der Waals surface area contributed by atoms with Crippen LogP contribution in [0, 0.1) is 0 Å². The van der Waals surface area contributed by atoms with E-state index in [9.17, 15) is 14.4 Å². The van der Waals surface area contributed by atoms with Crippen LogP contribution in [0.2, 0.25) is 0 Å². The normalized spacial score (nSPS) is 20.5. The van der Waals surface area contributed by atoms with Gasteiger partial charge >= 0.3 is 6.03 Å². The first-order valence-electron chi connectivity index (χ1n) is 9.31. The Morgan fingerprint density at radius 3 is 2.79 bits per heavy atom. The lowest BCUT2D eigenvalue weighted by Crippen LogP contribution is -2.43. The Hall–Kier alpha value is -3.07. The number of nitrogens with zero attached hydrogens (tertiary/aromatic N) is 1. The minimum atomic E-state index is -1.27. The lowest BCUT2D eigenvalue weighted by molar-refractivity contribution is -0.134. The summed E-state index contributed by atoms with van der Waals surface area (Å²) in [6, 6.07) is 8.48. The molecule has 3 heterocycles. The average molecular weight is 415 g/mol. The molecule has 0 saturated carbocycles. The number of nitrogens with one attached hydrogen (secondary N) is 2. The van der Waals surface area contributed by atoms with Gasteiger partial charge in [0.05, 0.1) is 0 Å². The van der Waals surface area contributed by atoms with E-state index in [1.165, 1.54) is 0 Å². The summed E-state index contributed by atoms with van der Waals surface area (Å²) >= 11 is 1.62. The van der Waals surface area contributed by atoms with Crippen LogP contribution < -0.4 is 20.1 Å². The van der Waals surface area contributed by atoms with E-state index in [-0.39, 0.29) is 12.5 Å². The van der Waals surface area contributed by atoms with Crippen LogP contribution in [0.1, 0.15) is 17.4 Å². The van der Waals surface area contributed by atoms with Crippen molar-refractivity contribution < 1.29 is 23.9 Å². The average Bonchev–Trinajstić information content (AvgIpc) is 3.31. The molecule has 8 nitrogen and oxygen atoms in total. The molecular weight excluding hydrogens is 394 g/mol. The second kappa shape index (κ2) is 7.75. The Balaban J connectivity index is 1.42. The van der Waals surface area contributed by atoms with Gasteiger partial charge in [-0.15, -0.1) is 11.3 Å². The number of hydrogen-bond donors (Lipinski definition) is 2. The molecule has 4 amide bonds. The number of amides is 4. The fraction of sp³-hybridized carbons (Fsp3) is 0.350. The number of imide groups is 1. The van der Waals surface area contributed by atoms with Crippen molar-refractivity contribution in [3.8, 4) is 11.5 Å². The fourth-order valence-electron chi connectivity index (χ4n) is 3.37. The number of fused-ring (bicyclic) bond motifs is 1. The third kappa shape index (κ3) is 3.77. The molecular formula is C20H21N3O5S. The molecule has 1 fully saturated rings. The van der Waals surface area contributed by atoms with Crippen LogP contribution in [0.5, 0.6) is 11.5 Å². The topological polar surface area (TPSA) is 97.0 Å². The number of rotatable bonds is 6. The molecule has 9 heteroatoms. The van der Waals surface area contributed by atoms with Crippen molar-refractivity contribution in [3.05, 3.63) is 46.2 Å². The first-order valence-corrected chi connectivity index (χ1v) is 10.2. The summed E-state index contributed by atoms with van der Waals surface area (Å²) in [4.78, 5) is 39.8. The van der Waals surface area contributed by atoms with Gasteiger partial charge in [-0.25, -0.2) is 4.79 Å². The van der Waals surface area contributed by atoms with E-state index in [0.29, 0.717) is 43.2 Å². The number of thiophene rings is 1. The van der Waals surface area contributed by atoms with E-state index >= 15 is 0 Å². The van der Waals surface area contributed by atoms with Crippen LogP contribution in [0.3, 0.4) is 0 Å². The third-order valence-electron chi connectivity index (χ3n) is 4.97. The predicted molar refractivity (Wildman–Crippen MR) is 106 cm³/mol. The smallest absolute Gasteiger partial charge is 0.325 e. The van der Waals surface area contributed by atoms with Crippen molar-refractivity contribution in [2.75, 3.05) is 26.3 Å². The number of hydrogen-bond acceptors (Lipinski definition) is 6. The van der Waals surface area contributed by atoms with E-state index in [2.05, 4.69) is 10.6 Å². The van der Waals surface area contributed by atoms with Crippen molar-refractivity contribution in [1.29, 1.82) is 0 Å². The zero-order valence-corrected chi connectivity index (χ0v) is 16.7. The highest BCUT2D eigenvalue weighted by molar-refractivity contribution is 7.09. The summed E-state index contributed by atoms with van der Waals surface area (Å²) in [5.41, 5.74) is -0.704. The van der Waals surface area contributed by atoms with Gasteiger partial charge in [-0.2, -0.15) is 0 Å². The second-order valence-corrected chi connectivity index (χ2v) is 8.02. The van der Waals surface area contributed by atoms with E-state index in [1.807, 2.05) is 17.5 Å². The van der Waals surface area contributed by atoms with Gasteiger partial charge in [-0.3, -0.25) is 14.5 Å². The molecule has 2 aromatic rings. The molecule has 1 atom stereocenters. The molecule has 0 unspecified atom stereocenters. The second-order valence-electron chi connectivity index (χ2n) is 6.98. The lowest BCUT2D eigenvalue weighted by Gasteiger charge is -2.25. The van der Waals surface area contributed by atoms with Gasteiger partial charge in [0.2, 0.25) is 5.91 Å². The number of ether oxygens (including phenoxy) is 2. The van der Waals surface area contributed by atoms with Gasteiger partial charge < -0.3 is 20.1 Å². The maximum atomic E-state index is 13.0. The summed E-state index contributed by atoms with van der Waals surface area (Å²) in [5.74, 6) is 0.271. The first-order chi connectivity index (χ1) is 14.0. The molecule has 0 radical (unpaired) electrons. The molecule has 1 saturated heterocycles. The first kappa shape index (κ1) is 19.3. The summed E-state index contributed by atoms with van der Waals surface area (Å²) in [5, 5.41) is 7.43. The quantitative estimate of drug-likeness (QED) is 0.700. The van der Waals surface area contributed by atoms with Crippen LogP contribution in [0.15, 0.2) is 35.7 Å². The van der Waals surface area contributed by atoms with Gasteiger partial charge in [0.15, 0.2) is 11.5 Å². The molecule has 2 aliphatic rings. The fourth-order valence-corrected chi connectivity index (χ4v) is 4.08. The van der Waals surface area contributed by atoms with Crippen LogP contribution in [-0.2, 0) is 21.5 Å². The molecule has 2 aliphatic heterocycles. The molecule has 29 heavy (non-hydrogen) atoms. The van der Waals surface area contributed by atoms with E-state index in [4.69, 9.17) is 9.47 Å². The Labute approximate surface area is 171 Å². The SMILES string of the molecule is C[C@@]1(c2ccc3c(c2)OCCO3)NC(=O)N(CC(=O)NCCc2cccs2)C1=O. The van der Waals surface area contributed by atoms with Crippen LogP contribution in [0.25, 0.3) is 0 Å². The molecule has 4 rings (SSSR count). The number of carbonyl (C=O) groups is 3. The Morgan fingerprint density at radius 1 is 1.24 bits per heavy atom. The minimum Gasteiger partial charge on any atom is -0.486 e. The van der Waals surface area contributed by atoms with Crippen molar-refractivity contribution in [1.82, 2.24) is 15.5 Å². The zero-order chi connectivity index (χ0) is 20.4. The van der Waals surface area contributed by atoms with Gasteiger partial charge in [-0.05, 0) is 42.5 Å². The highest BCUT2D eigenvalue weighted by Gasteiger charge is 2.49. The van der Waals surface area contributed by atoms with Crippen molar-refractivity contribution in [2.24, 2.45) is 0 Å². The Kier molecular flexibility index (Phi) is 5.14. The molecule has 2 N–H and O–H groups in total. The maximum Gasteiger partial charge on any atom is 0.325 e. The number of carbonyl (C=O) groups excluding carboxylic acids is 3. The highest BCUT2D eigenvalue weighted by atomic mass is 32.1. The molecule has 1 aromatic carbocycles. The van der Waals surface area contributed by atoms with Gasteiger partial charge in [0.1, 0.15) is 25.3 Å². The molecule has 0 aliphatic carbocycles. The van der Waals surface area contributed by atoms with Gasteiger partial charge in [0, 0.05) is 11.4 Å². The minimum absolute atomic E-state index is 0.324. The van der Waals surface area contributed by atoms with E-state index in [1.54, 1.807) is 36.5 Å². The maximum absolute atomic E-state index is 13.0. The van der Waals surface area contributed by atoms with Gasteiger partial charge in [0.25, 0.3) is 5.91 Å². The van der Waals surface area contributed by atoms with Crippen LogP contribution in [-0.4, -0.2) is 49.0 Å².